The lowest BCUT2D eigenvalue weighted by Gasteiger charge is -2.29. The molecule has 1 amide bonds. The van der Waals surface area contributed by atoms with Gasteiger partial charge in [-0.2, -0.15) is 0 Å². The second-order valence-electron chi connectivity index (χ2n) is 6.36. The van der Waals surface area contributed by atoms with Crippen LogP contribution in [0, 0.1) is 5.41 Å². The second-order valence-corrected chi connectivity index (χ2v) is 6.36. The van der Waals surface area contributed by atoms with Crippen LogP contribution in [0.5, 0.6) is 5.75 Å². The van der Waals surface area contributed by atoms with Crippen molar-refractivity contribution >= 4 is 29.5 Å². The molecule has 2 rings (SSSR count). The summed E-state index contributed by atoms with van der Waals surface area (Å²) < 4.78 is 10.2. The molecule has 0 spiro atoms. The normalized spacial score (nSPS) is 12.2. The third-order valence-electron chi connectivity index (χ3n) is 4.09. The summed E-state index contributed by atoms with van der Waals surface area (Å²) in [7, 11) is 0. The lowest BCUT2D eigenvalue weighted by atomic mass is 10.0. The zero-order chi connectivity index (χ0) is 23.0. The molecule has 0 aliphatic rings. The molecule has 0 saturated carbocycles. The summed E-state index contributed by atoms with van der Waals surface area (Å²) in [6.07, 6.45) is -0.512. The monoisotopic (exact) mass is 427 g/mol. The molecule has 2 aromatic carbocycles. The van der Waals surface area contributed by atoms with Gasteiger partial charge in [0.15, 0.2) is 0 Å². The summed E-state index contributed by atoms with van der Waals surface area (Å²) in [6.45, 7) is 0.756. The van der Waals surface area contributed by atoms with Crippen molar-refractivity contribution in [2.24, 2.45) is 5.73 Å². The number of carboxylic acids is 1. The molecule has 0 bridgehead atoms. The Labute approximate surface area is 177 Å². The Kier molecular flexibility index (Phi) is 7.45. The van der Waals surface area contributed by atoms with E-state index in [1.165, 1.54) is 36.4 Å². The number of ether oxygens (including phenoxy) is 2. The van der Waals surface area contributed by atoms with E-state index in [4.69, 9.17) is 20.6 Å². The van der Waals surface area contributed by atoms with E-state index in [1.54, 1.807) is 18.2 Å². The van der Waals surface area contributed by atoms with Crippen LogP contribution < -0.4 is 15.8 Å². The van der Waals surface area contributed by atoms with Crippen molar-refractivity contribution in [2.75, 3.05) is 6.61 Å². The van der Waals surface area contributed by atoms with E-state index in [1.807, 2.05) is 0 Å². The molecule has 162 valence electrons. The number of carbonyl (C=O) groups is 4. The molecule has 0 aromatic heterocycles. The van der Waals surface area contributed by atoms with Crippen LogP contribution >= 0.6 is 0 Å². The van der Waals surface area contributed by atoms with Gasteiger partial charge in [0.2, 0.25) is 5.78 Å². The number of nitrogens with one attached hydrogen (secondary N) is 2. The highest BCUT2D eigenvalue weighted by molar-refractivity contribution is 6.11. The van der Waals surface area contributed by atoms with Gasteiger partial charge in [-0.1, -0.05) is 30.3 Å². The minimum atomic E-state index is -2.77. The first kappa shape index (κ1) is 23.1. The predicted octanol–water partition coefficient (Wildman–Crippen LogP) is 1.08. The highest BCUT2D eigenvalue weighted by Gasteiger charge is 2.50. The second kappa shape index (κ2) is 10.0. The maximum Gasteiger partial charge on any atom is 0.378 e. The zero-order valence-corrected chi connectivity index (χ0v) is 16.6. The number of carbonyl (C=O) groups excluding carboxylic acids is 3. The summed E-state index contributed by atoms with van der Waals surface area (Å²) in [4.78, 5) is 48.7. The highest BCUT2D eigenvalue weighted by Crippen LogP contribution is 2.20. The maximum atomic E-state index is 12.8. The summed E-state index contributed by atoms with van der Waals surface area (Å²) in [6, 6.07) is 13.1. The number of nitrogen functional groups attached to an aromatic ring is 1. The number of aliphatic carboxylic acids is 1. The average molecular weight is 427 g/mol. The molecule has 10 nitrogen and oxygen atoms in total. The topological polar surface area (TPSA) is 169 Å². The van der Waals surface area contributed by atoms with Gasteiger partial charge >= 0.3 is 17.7 Å². The molecule has 5 N–H and O–H groups in total. The van der Waals surface area contributed by atoms with Gasteiger partial charge in [0.05, 0.1) is 6.61 Å². The molecule has 10 heteroatoms. The number of Topliss-reactive ketones (excluding diaryl/α,β-unsaturated/α-hetero) is 1. The molecule has 0 heterocycles. The number of ketones is 1. The fourth-order valence-electron chi connectivity index (χ4n) is 2.53. The van der Waals surface area contributed by atoms with E-state index in [2.05, 4.69) is 5.32 Å². The Bertz CT molecular complexity index is 990. The summed E-state index contributed by atoms with van der Waals surface area (Å²) >= 11 is 0. The fraction of sp³-hybridized carbons (Fsp3) is 0.190. The molecule has 2 aromatic rings. The first-order valence-corrected chi connectivity index (χ1v) is 9.07. The van der Waals surface area contributed by atoms with Crippen LogP contribution in [-0.4, -0.2) is 46.9 Å². The quantitative estimate of drug-likeness (QED) is 0.144. The van der Waals surface area contributed by atoms with Gasteiger partial charge in [0.1, 0.15) is 11.6 Å². The number of amidine groups is 1. The Hall–Kier alpha value is -4.21. The van der Waals surface area contributed by atoms with Crippen molar-refractivity contribution < 1.29 is 33.8 Å². The Morgan fingerprint density at radius 1 is 1.03 bits per heavy atom. The van der Waals surface area contributed by atoms with Crippen LogP contribution in [0.4, 0.5) is 0 Å². The fourth-order valence-corrected chi connectivity index (χ4v) is 2.53. The number of hydrogen-bond donors (Lipinski definition) is 4. The molecular weight excluding hydrogens is 406 g/mol. The molecule has 0 radical (unpaired) electrons. The summed E-state index contributed by atoms with van der Waals surface area (Å²) in [5.74, 6) is -4.52. The smallest absolute Gasteiger partial charge is 0.378 e. The first-order valence-electron chi connectivity index (χ1n) is 9.07. The van der Waals surface area contributed by atoms with Gasteiger partial charge in [-0.3, -0.25) is 25.1 Å². The third-order valence-corrected chi connectivity index (χ3v) is 4.09. The number of para-hydroxylation sites is 1. The van der Waals surface area contributed by atoms with Gasteiger partial charge in [0.25, 0.3) is 5.91 Å². The molecular formula is C21H21N3O7. The van der Waals surface area contributed by atoms with Crippen LogP contribution in [0.25, 0.3) is 0 Å². The van der Waals surface area contributed by atoms with Crippen molar-refractivity contribution in [3.8, 4) is 5.75 Å². The van der Waals surface area contributed by atoms with Gasteiger partial charge in [-0.25, -0.2) is 4.79 Å². The minimum Gasteiger partial charge on any atom is -0.476 e. The van der Waals surface area contributed by atoms with Crippen molar-refractivity contribution in [1.82, 2.24) is 5.32 Å². The molecule has 31 heavy (non-hydrogen) atoms. The molecule has 1 atom stereocenters. The van der Waals surface area contributed by atoms with E-state index in [9.17, 15) is 24.3 Å². The predicted molar refractivity (Wildman–Crippen MR) is 109 cm³/mol. The SMILES string of the molecule is CC(=O)OCCC(=O)C(NC(=O)c1ccc(C(=N)N)cc1)(Oc1ccccc1)C(=O)O. The standard InChI is InChI=1S/C21H21N3O7/c1-13(25)30-12-11-17(26)21(20(28)29,31-16-5-3-2-4-6-16)24-19(27)15-9-7-14(8-10-15)18(22)23/h2-10H,11-12H2,1H3,(H3,22,23)(H,24,27)(H,28,29). The average Bonchev–Trinajstić information content (AvgIpc) is 2.73. The van der Waals surface area contributed by atoms with Crippen LogP contribution in [-0.2, 0) is 19.1 Å². The van der Waals surface area contributed by atoms with Crippen molar-refractivity contribution in [3.05, 3.63) is 65.7 Å². The number of nitrogens with two attached hydrogens (primary N) is 1. The zero-order valence-electron chi connectivity index (χ0n) is 16.6. The van der Waals surface area contributed by atoms with Crippen molar-refractivity contribution in [2.45, 2.75) is 19.1 Å². The summed E-state index contributed by atoms with van der Waals surface area (Å²) in [5.41, 5.74) is 2.99. The first-order chi connectivity index (χ1) is 14.7. The Morgan fingerprint density at radius 2 is 1.61 bits per heavy atom. The molecule has 0 aliphatic heterocycles. The number of rotatable bonds is 10. The molecule has 0 fully saturated rings. The summed E-state index contributed by atoms with van der Waals surface area (Å²) in [5, 5.41) is 19.4. The van der Waals surface area contributed by atoms with Crippen molar-refractivity contribution in [1.29, 1.82) is 5.41 Å². The van der Waals surface area contributed by atoms with E-state index >= 15 is 0 Å². The van der Waals surface area contributed by atoms with E-state index in [0.717, 1.165) is 6.92 Å². The van der Waals surface area contributed by atoms with Gasteiger partial charge in [0, 0.05) is 24.5 Å². The third kappa shape index (κ3) is 5.89. The maximum absolute atomic E-state index is 12.8. The Balaban J connectivity index is 2.37. The minimum absolute atomic E-state index is 0.0140. The number of amides is 1. The number of benzene rings is 2. The number of carboxylic acid groups (broad SMARTS) is 1. The van der Waals surface area contributed by atoms with E-state index < -0.39 is 35.8 Å². The van der Waals surface area contributed by atoms with Crippen molar-refractivity contribution in [3.63, 3.8) is 0 Å². The van der Waals surface area contributed by atoms with Crippen LogP contribution in [0.3, 0.4) is 0 Å². The van der Waals surface area contributed by atoms with Gasteiger partial charge in [-0.15, -0.1) is 0 Å². The lowest BCUT2D eigenvalue weighted by Crippen LogP contribution is -2.64. The van der Waals surface area contributed by atoms with E-state index in [0.29, 0.717) is 5.56 Å². The largest absolute Gasteiger partial charge is 0.476 e. The van der Waals surface area contributed by atoms with Crippen LogP contribution in [0.1, 0.15) is 29.3 Å². The number of hydrogen-bond acceptors (Lipinski definition) is 7. The molecule has 0 saturated heterocycles. The highest BCUT2D eigenvalue weighted by atomic mass is 16.6. The van der Waals surface area contributed by atoms with Crippen LogP contribution in [0.15, 0.2) is 54.6 Å². The van der Waals surface area contributed by atoms with Gasteiger partial charge in [-0.05, 0) is 24.3 Å². The molecule has 0 aliphatic carbocycles. The van der Waals surface area contributed by atoms with E-state index in [-0.39, 0.29) is 23.8 Å². The van der Waals surface area contributed by atoms with Gasteiger partial charge < -0.3 is 20.3 Å². The lowest BCUT2D eigenvalue weighted by molar-refractivity contribution is -0.165. The molecule has 1 unspecified atom stereocenters. The number of esters is 1. The van der Waals surface area contributed by atoms with Crippen LogP contribution in [0.2, 0.25) is 0 Å². The Morgan fingerprint density at radius 3 is 2.13 bits per heavy atom.